The van der Waals surface area contributed by atoms with Crippen molar-refractivity contribution in [2.24, 2.45) is 23.7 Å². The van der Waals surface area contributed by atoms with Gasteiger partial charge in [-0.2, -0.15) is 0 Å². The van der Waals surface area contributed by atoms with E-state index in [0.29, 0.717) is 45.5 Å². The summed E-state index contributed by atoms with van der Waals surface area (Å²) in [6, 6.07) is 0. The molecule has 0 aliphatic carbocycles. The normalized spacial score (nSPS) is 13.4. The first-order valence-electron chi connectivity index (χ1n) is 30.5. The van der Waals surface area contributed by atoms with Gasteiger partial charge in [0, 0.05) is 12.8 Å². The van der Waals surface area contributed by atoms with Crippen LogP contribution >= 0.6 is 0 Å². The maximum Gasteiger partial charge on any atom is 0.309 e. The minimum absolute atomic E-state index is 0. The third-order valence-corrected chi connectivity index (χ3v) is 15.4. The number of carbonyl (C=O) groups excluding carboxylic acids is 3. The van der Waals surface area contributed by atoms with Crippen LogP contribution in [0.1, 0.15) is 318 Å². The largest absolute Gasteiger partial charge is 0.466 e. The monoisotopic (exact) mass is 976 g/mol. The number of hydrogen-bond donors (Lipinski definition) is 0. The number of likely N-dealkylation sites (tertiary alicyclic amines) is 1. The number of hydrogen-bond acceptors (Lipinski definition) is 7. The number of esters is 3. The Hall–Kier alpha value is -1.63. The quantitative estimate of drug-likeness (QED) is 0.0341. The molecule has 1 aliphatic rings. The Morgan fingerprint density at radius 1 is 0.391 bits per heavy atom. The van der Waals surface area contributed by atoms with E-state index in [2.05, 4.69) is 39.6 Å². The predicted octanol–water partition coefficient (Wildman–Crippen LogP) is 18.9. The number of nitrogens with zero attached hydrogens (tertiary/aromatic N) is 1. The molecule has 0 radical (unpaired) electrons. The number of carbonyl (C=O) groups is 3. The van der Waals surface area contributed by atoms with Gasteiger partial charge >= 0.3 is 17.9 Å². The summed E-state index contributed by atoms with van der Waals surface area (Å²) >= 11 is 0. The molecule has 1 fully saturated rings. The molecular formula is C62H121NO6. The zero-order chi connectivity index (χ0) is 49.4. The van der Waals surface area contributed by atoms with E-state index in [-0.39, 0.29) is 37.2 Å². The van der Waals surface area contributed by atoms with E-state index in [4.69, 9.17) is 14.2 Å². The van der Waals surface area contributed by atoms with Crippen molar-refractivity contribution in [1.29, 1.82) is 0 Å². The fourth-order valence-corrected chi connectivity index (χ4v) is 10.6. The fourth-order valence-electron chi connectivity index (χ4n) is 10.6. The highest BCUT2D eigenvalue weighted by molar-refractivity contribution is 5.72. The molecular weight excluding hydrogens is 855 g/mol. The molecule has 1 rings (SSSR count). The van der Waals surface area contributed by atoms with Crippen molar-refractivity contribution < 1.29 is 28.6 Å². The molecule has 0 bridgehead atoms. The van der Waals surface area contributed by atoms with Crippen LogP contribution in [-0.2, 0) is 28.6 Å². The summed E-state index contributed by atoms with van der Waals surface area (Å²) in [5, 5.41) is 0. The first-order chi connectivity index (χ1) is 33.3. The van der Waals surface area contributed by atoms with Crippen LogP contribution in [0.15, 0.2) is 0 Å². The van der Waals surface area contributed by atoms with Gasteiger partial charge in [0.05, 0.1) is 25.7 Å². The molecule has 0 aromatic heterocycles. The Labute approximate surface area is 431 Å². The van der Waals surface area contributed by atoms with Crippen molar-refractivity contribution in [3.05, 3.63) is 0 Å². The molecule has 1 saturated heterocycles. The Bertz CT molecular complexity index is 1000. The summed E-state index contributed by atoms with van der Waals surface area (Å²) in [6.45, 7) is 12.4. The van der Waals surface area contributed by atoms with Gasteiger partial charge in [0.1, 0.15) is 0 Å². The van der Waals surface area contributed by atoms with Crippen LogP contribution in [0, 0.1) is 23.7 Å². The van der Waals surface area contributed by atoms with Crippen LogP contribution in [0.5, 0.6) is 0 Å². The third-order valence-electron chi connectivity index (χ3n) is 15.4. The van der Waals surface area contributed by atoms with Gasteiger partial charge in [0.15, 0.2) is 0 Å². The molecule has 0 N–H and O–H groups in total. The molecule has 0 atom stereocenters. The minimum atomic E-state index is -0.113. The third kappa shape index (κ3) is 43.7. The van der Waals surface area contributed by atoms with Crippen molar-refractivity contribution in [1.82, 2.24) is 4.90 Å². The topological polar surface area (TPSA) is 82.1 Å². The van der Waals surface area contributed by atoms with Crippen LogP contribution in [0.2, 0.25) is 0 Å². The van der Waals surface area contributed by atoms with Crippen molar-refractivity contribution >= 4 is 17.9 Å². The average Bonchev–Trinajstić information content (AvgIpc) is 3.34. The maximum absolute atomic E-state index is 13.1. The Balaban J connectivity index is 0.0000462. The van der Waals surface area contributed by atoms with Gasteiger partial charge < -0.3 is 19.1 Å². The van der Waals surface area contributed by atoms with Gasteiger partial charge in [-0.05, 0) is 102 Å². The van der Waals surface area contributed by atoms with Crippen LogP contribution in [0.4, 0.5) is 0 Å². The van der Waals surface area contributed by atoms with E-state index >= 15 is 0 Å². The lowest BCUT2D eigenvalue weighted by molar-refractivity contribution is -0.152. The van der Waals surface area contributed by atoms with Gasteiger partial charge in [-0.15, -0.1) is 0 Å². The summed E-state index contributed by atoms with van der Waals surface area (Å²) in [5.41, 5.74) is 0. The van der Waals surface area contributed by atoms with E-state index in [1.54, 1.807) is 0 Å². The Morgan fingerprint density at radius 3 is 1.01 bits per heavy atom. The molecule has 0 aromatic rings. The standard InChI is InChI=1S/C61H117NO6.CH4/c1-6-10-14-18-22-26-30-38-55(39-31-27-23-19-15-11-7-2)44-36-52-66-59(63)46-34-42-57(54-68-61(65)58-48-50-62(5)51-49-58)43-35-47-60(64)67-53-37-45-56(40-32-28-24-20-16-12-8-3)41-33-29-25-21-17-13-9-4;/h55-58H,6-54H2,1-5H3;1H4. The fraction of sp³-hybridized carbons (Fsp3) is 0.952. The number of ether oxygens (including phenoxy) is 3. The molecule has 0 saturated carbocycles. The molecule has 410 valence electrons. The minimum Gasteiger partial charge on any atom is -0.466 e. The lowest BCUT2D eigenvalue weighted by atomic mass is 9.90. The number of unbranched alkanes of at least 4 members (excludes halogenated alkanes) is 24. The van der Waals surface area contributed by atoms with Crippen LogP contribution < -0.4 is 0 Å². The first-order valence-corrected chi connectivity index (χ1v) is 30.5. The predicted molar refractivity (Wildman–Crippen MR) is 297 cm³/mol. The van der Waals surface area contributed by atoms with Crippen molar-refractivity contribution in [2.45, 2.75) is 318 Å². The summed E-state index contributed by atoms with van der Waals surface area (Å²) in [6.07, 6.45) is 52.9. The van der Waals surface area contributed by atoms with Gasteiger partial charge in [-0.3, -0.25) is 14.4 Å². The van der Waals surface area contributed by atoms with Crippen molar-refractivity contribution in [2.75, 3.05) is 40.0 Å². The highest BCUT2D eigenvalue weighted by Gasteiger charge is 2.26. The molecule has 0 aromatic carbocycles. The van der Waals surface area contributed by atoms with E-state index in [1.807, 2.05) is 0 Å². The summed E-state index contributed by atoms with van der Waals surface area (Å²) in [7, 11) is 2.10. The summed E-state index contributed by atoms with van der Waals surface area (Å²) in [5.74, 6) is 1.26. The SMILES string of the molecule is C.CCCCCCCCCC(CCCCCCCCC)CCCOC(=O)CCCC(CCCC(=O)OCCCC(CCCCCCCCC)CCCCCCCCC)COC(=O)C1CCN(C)CC1. The Morgan fingerprint density at radius 2 is 0.681 bits per heavy atom. The van der Waals surface area contributed by atoms with E-state index in [1.165, 1.54) is 205 Å². The molecule has 7 heteroatoms. The summed E-state index contributed by atoms with van der Waals surface area (Å²) in [4.78, 5) is 41.2. The maximum atomic E-state index is 13.1. The van der Waals surface area contributed by atoms with E-state index < -0.39 is 0 Å². The highest BCUT2D eigenvalue weighted by atomic mass is 16.5. The second-order valence-corrected chi connectivity index (χ2v) is 22.0. The van der Waals surface area contributed by atoms with Crippen molar-refractivity contribution in [3.63, 3.8) is 0 Å². The summed E-state index contributed by atoms with van der Waals surface area (Å²) < 4.78 is 17.5. The van der Waals surface area contributed by atoms with Gasteiger partial charge in [-0.1, -0.05) is 241 Å². The molecule has 0 amide bonds. The molecule has 7 nitrogen and oxygen atoms in total. The van der Waals surface area contributed by atoms with Gasteiger partial charge in [0.2, 0.25) is 0 Å². The highest BCUT2D eigenvalue weighted by Crippen LogP contribution is 2.26. The molecule has 1 aliphatic heterocycles. The zero-order valence-electron chi connectivity index (χ0n) is 46.4. The molecule has 0 unspecified atom stereocenters. The van der Waals surface area contributed by atoms with Crippen LogP contribution in [-0.4, -0.2) is 62.8 Å². The molecule has 1 heterocycles. The zero-order valence-corrected chi connectivity index (χ0v) is 46.4. The average molecular weight is 977 g/mol. The molecule has 69 heavy (non-hydrogen) atoms. The Kier molecular flexibility index (Phi) is 50.1. The first kappa shape index (κ1) is 67.4. The van der Waals surface area contributed by atoms with Crippen molar-refractivity contribution in [3.8, 4) is 0 Å². The van der Waals surface area contributed by atoms with E-state index in [9.17, 15) is 14.4 Å². The number of piperidine rings is 1. The smallest absolute Gasteiger partial charge is 0.309 e. The molecule has 0 spiro atoms. The second kappa shape index (κ2) is 51.3. The van der Waals surface area contributed by atoms with Crippen LogP contribution in [0.25, 0.3) is 0 Å². The number of rotatable bonds is 51. The lowest BCUT2D eigenvalue weighted by Gasteiger charge is -2.28. The van der Waals surface area contributed by atoms with E-state index in [0.717, 1.165) is 76.3 Å². The van der Waals surface area contributed by atoms with Crippen LogP contribution in [0.3, 0.4) is 0 Å². The lowest BCUT2D eigenvalue weighted by Crippen LogP contribution is -2.34. The van der Waals surface area contributed by atoms with Gasteiger partial charge in [-0.25, -0.2) is 0 Å². The van der Waals surface area contributed by atoms with Gasteiger partial charge in [0.25, 0.3) is 0 Å². The second-order valence-electron chi connectivity index (χ2n) is 22.0.